The van der Waals surface area contributed by atoms with Crippen molar-refractivity contribution >= 4 is 44.0 Å². The number of hydrogen-bond acceptors (Lipinski definition) is 4. The van der Waals surface area contributed by atoms with Crippen molar-refractivity contribution in [3.63, 3.8) is 0 Å². The molecule has 4 aromatic rings. The Bertz CT molecular complexity index is 1220. The van der Waals surface area contributed by atoms with Gasteiger partial charge in [0.1, 0.15) is 0 Å². The average molecular weight is 520 g/mol. The van der Waals surface area contributed by atoms with Crippen LogP contribution in [-0.4, -0.2) is 27.2 Å². The monoisotopic (exact) mass is 519 g/mol. The Morgan fingerprint density at radius 2 is 1.30 bits per heavy atom. The third-order valence-corrected chi connectivity index (χ3v) is 4.76. The van der Waals surface area contributed by atoms with E-state index in [0.717, 1.165) is 28.1 Å². The van der Waals surface area contributed by atoms with E-state index >= 15 is 0 Å². The van der Waals surface area contributed by atoms with Crippen LogP contribution in [0.25, 0.3) is 0 Å². The normalized spacial score (nSPS) is 11.2. The fourth-order valence-corrected chi connectivity index (χ4v) is 3.07. The molecule has 8 heteroatoms. The first kappa shape index (κ1) is 24.9. The summed E-state index contributed by atoms with van der Waals surface area (Å²) in [5.74, 6) is 1.24. The van der Waals surface area contributed by atoms with Crippen molar-refractivity contribution in [1.29, 1.82) is 0 Å². The van der Waals surface area contributed by atoms with Crippen molar-refractivity contribution in [3.05, 3.63) is 107 Å². The predicted octanol–water partition coefficient (Wildman–Crippen LogP) is 6.82. The van der Waals surface area contributed by atoms with Crippen molar-refractivity contribution in [3.8, 4) is 0 Å². The minimum atomic E-state index is 0.194. The van der Waals surface area contributed by atoms with Crippen LogP contribution in [0.2, 0.25) is 0 Å². The summed E-state index contributed by atoms with van der Waals surface area (Å²) in [5, 5.41) is 4.65. The third-order valence-electron chi connectivity index (χ3n) is 4.76. The fraction of sp³-hybridized carbons (Fsp3) is 0.120. The first-order valence-electron chi connectivity index (χ1n) is 10.1. The van der Waals surface area contributed by atoms with E-state index in [0.29, 0.717) is 18.2 Å². The molecule has 0 saturated heterocycles. The molecule has 5 nitrogen and oxygen atoms in total. The summed E-state index contributed by atoms with van der Waals surface area (Å²) in [6.07, 6.45) is 3.47. The molecule has 0 aliphatic carbocycles. The summed E-state index contributed by atoms with van der Waals surface area (Å²) in [4.78, 5) is 13.8. The molecular formula is C25H23Cl2FeN5. The van der Waals surface area contributed by atoms with Gasteiger partial charge in [-0.05, 0) is 42.7 Å². The van der Waals surface area contributed by atoms with Crippen LogP contribution in [0.15, 0.2) is 88.8 Å². The van der Waals surface area contributed by atoms with Crippen LogP contribution in [0.5, 0.6) is 0 Å². The van der Waals surface area contributed by atoms with E-state index in [2.05, 4.69) is 32.2 Å². The standard InChI is InChI=1S/C25H23N5.2ClH.Fe/c1-19-10-6-8-14-22(19)26-16-24-28-25(17-27-23-15-9-7-11-20(23)2)30(29-24)18-21-12-4-3-5-13-21;;;/h3-17H,18H2,1-2H3;2*1H;/q;;;+2/p-2. The molecule has 0 aliphatic heterocycles. The molecule has 0 saturated carbocycles. The van der Waals surface area contributed by atoms with Crippen molar-refractivity contribution in [1.82, 2.24) is 14.8 Å². The molecule has 0 unspecified atom stereocenters. The first-order valence-corrected chi connectivity index (χ1v) is 13.2. The van der Waals surface area contributed by atoms with Crippen molar-refractivity contribution < 1.29 is 13.1 Å². The molecule has 1 heterocycles. The van der Waals surface area contributed by atoms with Gasteiger partial charge in [-0.1, -0.05) is 66.7 Å². The topological polar surface area (TPSA) is 55.4 Å². The van der Waals surface area contributed by atoms with E-state index in [-0.39, 0.29) is 13.1 Å². The molecule has 3 aromatic carbocycles. The fourth-order valence-electron chi connectivity index (χ4n) is 3.07. The zero-order valence-electron chi connectivity index (χ0n) is 18.2. The van der Waals surface area contributed by atoms with Gasteiger partial charge in [0.05, 0.1) is 30.3 Å². The maximum atomic E-state index is 4.76. The van der Waals surface area contributed by atoms with Gasteiger partial charge in [0.2, 0.25) is 0 Å². The molecule has 0 bridgehead atoms. The summed E-state index contributed by atoms with van der Waals surface area (Å²) in [6.45, 7) is 4.69. The summed E-state index contributed by atoms with van der Waals surface area (Å²) >= 11 is 0.194. The molecule has 0 aliphatic rings. The van der Waals surface area contributed by atoms with Gasteiger partial charge in [-0.3, -0.25) is 9.98 Å². The number of rotatable bonds is 6. The Balaban J connectivity index is 0.000000968. The zero-order valence-corrected chi connectivity index (χ0v) is 20.8. The molecule has 0 fully saturated rings. The molecular weight excluding hydrogens is 497 g/mol. The molecule has 0 atom stereocenters. The molecule has 4 rings (SSSR count). The van der Waals surface area contributed by atoms with Gasteiger partial charge in [0.15, 0.2) is 11.6 Å². The second-order valence-electron chi connectivity index (χ2n) is 7.11. The number of aliphatic imine (C=N–C) groups is 2. The third kappa shape index (κ3) is 7.65. The van der Waals surface area contributed by atoms with E-state index in [1.807, 2.05) is 85.3 Å². The Morgan fingerprint density at radius 3 is 1.88 bits per heavy atom. The molecule has 170 valence electrons. The molecule has 0 N–H and O–H groups in total. The van der Waals surface area contributed by atoms with E-state index in [1.165, 1.54) is 0 Å². The number of benzene rings is 3. The van der Waals surface area contributed by atoms with Crippen LogP contribution in [0, 0.1) is 13.8 Å². The van der Waals surface area contributed by atoms with Crippen LogP contribution in [0.3, 0.4) is 0 Å². The van der Waals surface area contributed by atoms with E-state index in [4.69, 9.17) is 20.2 Å². The Hall–Kier alpha value is -2.76. The van der Waals surface area contributed by atoms with Crippen molar-refractivity contribution in [2.24, 2.45) is 9.98 Å². The van der Waals surface area contributed by atoms with Gasteiger partial charge in [0, 0.05) is 0 Å². The number of halogens is 2. The van der Waals surface area contributed by atoms with E-state index in [9.17, 15) is 0 Å². The van der Waals surface area contributed by atoms with Gasteiger partial charge >= 0.3 is 33.3 Å². The number of aryl methyl sites for hydroxylation is 2. The van der Waals surface area contributed by atoms with Gasteiger partial charge < -0.3 is 0 Å². The Labute approximate surface area is 208 Å². The summed E-state index contributed by atoms with van der Waals surface area (Å²) in [7, 11) is 9.53. The van der Waals surface area contributed by atoms with Gasteiger partial charge in [0.25, 0.3) is 0 Å². The van der Waals surface area contributed by atoms with Crippen LogP contribution in [-0.2, 0) is 19.7 Å². The molecule has 1 aromatic heterocycles. The Kier molecular flexibility index (Phi) is 9.85. The van der Waals surface area contributed by atoms with Crippen LogP contribution in [0.4, 0.5) is 11.4 Å². The van der Waals surface area contributed by atoms with E-state index < -0.39 is 0 Å². The number of aromatic nitrogens is 3. The second-order valence-corrected chi connectivity index (χ2v) is 8.94. The van der Waals surface area contributed by atoms with Crippen molar-refractivity contribution in [2.75, 3.05) is 0 Å². The molecule has 33 heavy (non-hydrogen) atoms. The first-order chi connectivity index (χ1) is 16.1. The SMILES string of the molecule is Cc1ccccc1N=Cc1nc(C=Nc2ccccc2C)n(Cc2ccccc2)n1.[Cl][Fe][Cl]. The Morgan fingerprint density at radius 1 is 0.788 bits per heavy atom. The number of hydrogen-bond donors (Lipinski definition) is 0. The van der Waals surface area contributed by atoms with E-state index in [1.54, 1.807) is 12.4 Å². The van der Waals surface area contributed by atoms with Gasteiger partial charge in [-0.15, -0.1) is 5.10 Å². The quantitative estimate of drug-likeness (QED) is 0.207. The minimum absolute atomic E-state index is 0.194. The summed E-state index contributed by atoms with van der Waals surface area (Å²) in [5.41, 5.74) is 5.20. The molecule has 0 radical (unpaired) electrons. The van der Waals surface area contributed by atoms with Crippen LogP contribution >= 0.6 is 20.2 Å². The second kappa shape index (κ2) is 13.1. The summed E-state index contributed by atoms with van der Waals surface area (Å²) in [6, 6.07) is 26.2. The summed E-state index contributed by atoms with van der Waals surface area (Å²) < 4.78 is 1.86. The van der Waals surface area contributed by atoms with Gasteiger partial charge in [-0.2, -0.15) is 0 Å². The zero-order chi connectivity index (χ0) is 23.5. The van der Waals surface area contributed by atoms with Gasteiger partial charge in [-0.25, -0.2) is 9.67 Å². The van der Waals surface area contributed by atoms with Crippen LogP contribution in [0.1, 0.15) is 28.3 Å². The van der Waals surface area contributed by atoms with Crippen molar-refractivity contribution in [2.45, 2.75) is 20.4 Å². The predicted molar refractivity (Wildman–Crippen MR) is 134 cm³/mol. The number of para-hydroxylation sites is 2. The average Bonchev–Trinajstić information content (AvgIpc) is 3.20. The maximum absolute atomic E-state index is 4.76. The van der Waals surface area contributed by atoms with Crippen LogP contribution < -0.4 is 0 Å². The molecule has 0 amide bonds. The number of nitrogens with zero attached hydrogens (tertiary/aromatic N) is 5. The molecule has 0 spiro atoms.